The number of aromatic amines is 1. The van der Waals surface area contributed by atoms with Crippen molar-refractivity contribution < 1.29 is 0 Å². The molecule has 2 heteroatoms. The van der Waals surface area contributed by atoms with Gasteiger partial charge in [-0.2, -0.15) is 0 Å². The quantitative estimate of drug-likeness (QED) is 0.584. The van der Waals surface area contributed by atoms with E-state index in [1.54, 1.807) is 0 Å². The molecule has 58 valence electrons. The van der Waals surface area contributed by atoms with Gasteiger partial charge in [-0.05, 0) is 42.9 Å². The van der Waals surface area contributed by atoms with Crippen LogP contribution in [0.3, 0.4) is 0 Å². The minimum atomic E-state index is 0.946. The highest BCUT2D eigenvalue weighted by atomic mass is 32.1. The molecule has 1 heterocycles. The van der Waals surface area contributed by atoms with E-state index in [1.165, 1.54) is 36.8 Å². The maximum Gasteiger partial charge on any atom is 0.106 e. The van der Waals surface area contributed by atoms with Gasteiger partial charge in [-0.25, -0.2) is 0 Å². The molecule has 1 nitrogen and oxygen atoms in total. The van der Waals surface area contributed by atoms with Gasteiger partial charge in [0.2, 0.25) is 0 Å². The van der Waals surface area contributed by atoms with Crippen LogP contribution in [0.25, 0.3) is 0 Å². The summed E-state index contributed by atoms with van der Waals surface area (Å²) >= 11 is 5.18. The van der Waals surface area contributed by atoms with Crippen LogP contribution in [0.4, 0.5) is 0 Å². The fraction of sp³-hybridized carbons (Fsp3) is 0.444. The van der Waals surface area contributed by atoms with Gasteiger partial charge in [0.15, 0.2) is 0 Å². The van der Waals surface area contributed by atoms with Gasteiger partial charge in [-0.15, -0.1) is 0 Å². The Hall–Kier alpha value is -0.630. The fourth-order valence-corrected chi connectivity index (χ4v) is 1.98. The molecule has 0 saturated carbocycles. The Morgan fingerprint density at radius 1 is 1.27 bits per heavy atom. The van der Waals surface area contributed by atoms with Crippen LogP contribution in [-0.2, 0) is 12.8 Å². The normalized spacial score (nSPS) is 16.0. The molecular formula is C9H11NS. The van der Waals surface area contributed by atoms with Crippen LogP contribution in [0.5, 0.6) is 0 Å². The predicted octanol–water partition coefficient (Wildman–Crippen LogP) is 2.62. The summed E-state index contributed by atoms with van der Waals surface area (Å²) in [5.74, 6) is 0. The Morgan fingerprint density at radius 3 is 2.91 bits per heavy atom. The van der Waals surface area contributed by atoms with Gasteiger partial charge in [0.25, 0.3) is 0 Å². The second-order valence-electron chi connectivity index (χ2n) is 3.02. The highest BCUT2D eigenvalue weighted by Gasteiger charge is 2.08. The number of fused-ring (bicyclic) bond motifs is 1. The molecule has 0 bridgehead atoms. The van der Waals surface area contributed by atoms with E-state index < -0.39 is 0 Å². The SMILES string of the molecule is S=c1[nH]ccc2c1CCCC2. The highest BCUT2D eigenvalue weighted by molar-refractivity contribution is 7.71. The van der Waals surface area contributed by atoms with Gasteiger partial charge in [0, 0.05) is 6.20 Å². The monoisotopic (exact) mass is 165 g/mol. The van der Waals surface area contributed by atoms with Gasteiger partial charge in [-0.1, -0.05) is 12.2 Å². The standard InChI is InChI=1S/C9H11NS/c11-9-8-4-2-1-3-7(8)5-6-10-9/h5-6H,1-4H2,(H,10,11). The first-order chi connectivity index (χ1) is 5.38. The minimum absolute atomic E-state index is 0.946. The second-order valence-corrected chi connectivity index (χ2v) is 3.43. The molecule has 1 aromatic rings. The Balaban J connectivity index is 2.58. The van der Waals surface area contributed by atoms with Gasteiger partial charge in [0.1, 0.15) is 4.64 Å². The molecule has 0 spiro atoms. The summed E-state index contributed by atoms with van der Waals surface area (Å²) < 4.78 is 0.946. The Kier molecular flexibility index (Phi) is 1.78. The summed E-state index contributed by atoms with van der Waals surface area (Å²) in [5, 5.41) is 0. The third-order valence-electron chi connectivity index (χ3n) is 2.28. The van der Waals surface area contributed by atoms with E-state index in [1.807, 2.05) is 6.20 Å². The summed E-state index contributed by atoms with van der Waals surface area (Å²) in [5.41, 5.74) is 2.84. The van der Waals surface area contributed by atoms with Crippen LogP contribution in [0.1, 0.15) is 24.0 Å². The van der Waals surface area contributed by atoms with Crippen LogP contribution in [0.2, 0.25) is 0 Å². The largest absolute Gasteiger partial charge is 0.353 e. The Bertz CT molecular complexity index is 314. The molecule has 0 atom stereocenters. The second kappa shape index (κ2) is 2.78. The maximum absolute atomic E-state index is 5.18. The predicted molar refractivity (Wildman–Crippen MR) is 48.3 cm³/mol. The van der Waals surface area contributed by atoms with Crippen molar-refractivity contribution in [3.63, 3.8) is 0 Å². The first kappa shape index (κ1) is 7.04. The van der Waals surface area contributed by atoms with Crippen molar-refractivity contribution in [2.24, 2.45) is 0 Å². The topological polar surface area (TPSA) is 15.8 Å². The van der Waals surface area contributed by atoms with E-state index in [-0.39, 0.29) is 0 Å². The number of aryl methyl sites for hydroxylation is 1. The van der Waals surface area contributed by atoms with Crippen molar-refractivity contribution in [3.05, 3.63) is 28.0 Å². The lowest BCUT2D eigenvalue weighted by molar-refractivity contribution is 0.680. The first-order valence-corrected chi connectivity index (χ1v) is 4.48. The number of hydrogen-bond donors (Lipinski definition) is 1. The zero-order valence-electron chi connectivity index (χ0n) is 6.39. The van der Waals surface area contributed by atoms with E-state index >= 15 is 0 Å². The molecule has 11 heavy (non-hydrogen) atoms. The molecule has 0 aromatic carbocycles. The van der Waals surface area contributed by atoms with Crippen molar-refractivity contribution in [2.75, 3.05) is 0 Å². The molecule has 0 aliphatic heterocycles. The van der Waals surface area contributed by atoms with Crippen molar-refractivity contribution in [1.29, 1.82) is 0 Å². The fourth-order valence-electron chi connectivity index (χ4n) is 1.68. The number of pyridine rings is 1. The molecule has 1 aliphatic rings. The zero-order valence-corrected chi connectivity index (χ0v) is 7.21. The zero-order chi connectivity index (χ0) is 7.68. The summed E-state index contributed by atoms with van der Waals surface area (Å²) in [6.07, 6.45) is 6.96. The number of hydrogen-bond acceptors (Lipinski definition) is 1. The molecule has 1 aliphatic carbocycles. The van der Waals surface area contributed by atoms with Crippen molar-refractivity contribution in [3.8, 4) is 0 Å². The minimum Gasteiger partial charge on any atom is -0.353 e. The summed E-state index contributed by atoms with van der Waals surface area (Å²) in [4.78, 5) is 3.07. The van der Waals surface area contributed by atoms with E-state index in [0.717, 1.165) is 4.64 Å². The van der Waals surface area contributed by atoms with Crippen LogP contribution in [-0.4, -0.2) is 4.98 Å². The number of aromatic nitrogens is 1. The summed E-state index contributed by atoms with van der Waals surface area (Å²) in [7, 11) is 0. The molecule has 0 radical (unpaired) electrons. The van der Waals surface area contributed by atoms with E-state index in [9.17, 15) is 0 Å². The van der Waals surface area contributed by atoms with Gasteiger partial charge >= 0.3 is 0 Å². The summed E-state index contributed by atoms with van der Waals surface area (Å²) in [6, 6.07) is 2.16. The van der Waals surface area contributed by atoms with Gasteiger partial charge < -0.3 is 4.98 Å². The van der Waals surface area contributed by atoms with E-state index in [0.29, 0.717) is 0 Å². The molecule has 0 saturated heterocycles. The lowest BCUT2D eigenvalue weighted by Crippen LogP contribution is -2.03. The molecule has 1 aromatic heterocycles. The van der Waals surface area contributed by atoms with Gasteiger partial charge in [-0.3, -0.25) is 0 Å². The average Bonchev–Trinajstić information content (AvgIpc) is 2.06. The van der Waals surface area contributed by atoms with Crippen molar-refractivity contribution in [2.45, 2.75) is 25.7 Å². The van der Waals surface area contributed by atoms with Gasteiger partial charge in [0.05, 0.1) is 0 Å². The van der Waals surface area contributed by atoms with Crippen LogP contribution >= 0.6 is 12.2 Å². The molecule has 0 unspecified atom stereocenters. The lowest BCUT2D eigenvalue weighted by Gasteiger charge is -2.14. The van der Waals surface area contributed by atoms with E-state index in [4.69, 9.17) is 12.2 Å². The van der Waals surface area contributed by atoms with Crippen LogP contribution in [0, 0.1) is 4.64 Å². The molecule has 0 amide bonds. The molecule has 0 fully saturated rings. The number of rotatable bonds is 0. The smallest absolute Gasteiger partial charge is 0.106 e. The first-order valence-electron chi connectivity index (χ1n) is 4.07. The average molecular weight is 165 g/mol. The number of H-pyrrole nitrogens is 1. The lowest BCUT2D eigenvalue weighted by atomic mass is 9.94. The highest BCUT2D eigenvalue weighted by Crippen LogP contribution is 2.20. The van der Waals surface area contributed by atoms with Crippen LogP contribution in [0.15, 0.2) is 12.3 Å². The molecule has 2 rings (SSSR count). The molecular weight excluding hydrogens is 154 g/mol. The maximum atomic E-state index is 5.18. The van der Waals surface area contributed by atoms with Crippen LogP contribution < -0.4 is 0 Å². The number of nitrogens with one attached hydrogen (secondary N) is 1. The third kappa shape index (κ3) is 1.23. The van der Waals surface area contributed by atoms with E-state index in [2.05, 4.69) is 11.1 Å². The Labute approximate surface area is 71.5 Å². The Morgan fingerprint density at radius 2 is 2.09 bits per heavy atom. The third-order valence-corrected chi connectivity index (χ3v) is 2.65. The molecule has 1 N–H and O–H groups in total. The van der Waals surface area contributed by atoms with Crippen molar-refractivity contribution in [1.82, 2.24) is 4.98 Å². The van der Waals surface area contributed by atoms with Crippen molar-refractivity contribution >= 4 is 12.2 Å². The summed E-state index contributed by atoms with van der Waals surface area (Å²) in [6.45, 7) is 0.